The van der Waals surface area contributed by atoms with Crippen molar-refractivity contribution in [2.75, 3.05) is 43.5 Å². The summed E-state index contributed by atoms with van der Waals surface area (Å²) < 4.78 is 10.4. The van der Waals surface area contributed by atoms with E-state index < -0.39 is 5.91 Å². The monoisotopic (exact) mass is 507 g/mol. The molecule has 0 saturated carbocycles. The van der Waals surface area contributed by atoms with Crippen LogP contribution in [0.3, 0.4) is 0 Å². The Kier molecular flexibility index (Phi) is 7.02. The van der Waals surface area contributed by atoms with Gasteiger partial charge in [0.05, 0.1) is 34.7 Å². The van der Waals surface area contributed by atoms with Crippen molar-refractivity contribution in [3.63, 3.8) is 0 Å². The van der Waals surface area contributed by atoms with Gasteiger partial charge in [0.25, 0.3) is 11.8 Å². The maximum absolute atomic E-state index is 12.8. The number of hydrogen-bond acceptors (Lipinski definition) is 5. The number of benzene rings is 2. The summed E-state index contributed by atoms with van der Waals surface area (Å²) in [6, 6.07) is 11.6. The number of piperazine rings is 1. The quantitative estimate of drug-likeness (QED) is 0.495. The number of nitrogens with zero attached hydrogens (tertiary/aromatic N) is 2. The lowest BCUT2D eigenvalue weighted by molar-refractivity contribution is 0.0714. The minimum absolute atomic E-state index is 0.125. The summed E-state index contributed by atoms with van der Waals surface area (Å²) in [6.07, 6.45) is 1.49. The van der Waals surface area contributed by atoms with Crippen molar-refractivity contribution in [1.82, 2.24) is 4.90 Å². The van der Waals surface area contributed by atoms with E-state index in [2.05, 4.69) is 10.2 Å². The smallest absolute Gasteiger partial charge is 0.289 e. The zero-order valence-corrected chi connectivity index (χ0v) is 19.9. The second-order valence-electron chi connectivity index (χ2n) is 7.35. The molecule has 2 aromatic carbocycles. The minimum Gasteiger partial charge on any atom is -0.494 e. The maximum Gasteiger partial charge on any atom is 0.289 e. The predicted molar refractivity (Wildman–Crippen MR) is 129 cm³/mol. The van der Waals surface area contributed by atoms with Crippen LogP contribution in [0.15, 0.2) is 53.1 Å². The zero-order valence-electron chi connectivity index (χ0n) is 17.6. The number of ether oxygens (including phenoxy) is 1. The molecule has 0 spiro atoms. The standard InChI is InChI=1S/C23H20Cl3N3O4/c1-32-21-16(11-14(24)12-18(21)26)22(30)27-15-4-5-19(17(25)13-15)28-6-8-29(9-7-28)23(31)20-3-2-10-33-20/h2-5,10-13H,6-9H2,1H3,(H,27,30). The van der Waals surface area contributed by atoms with Gasteiger partial charge >= 0.3 is 0 Å². The van der Waals surface area contributed by atoms with Gasteiger partial charge in [-0.1, -0.05) is 34.8 Å². The number of methoxy groups -OCH3 is 1. The molecular weight excluding hydrogens is 489 g/mol. The van der Waals surface area contributed by atoms with Crippen molar-refractivity contribution in [1.29, 1.82) is 0 Å². The number of amides is 2. The number of rotatable bonds is 5. The molecular formula is C23H20Cl3N3O4. The second-order valence-corrected chi connectivity index (χ2v) is 8.60. The molecule has 4 rings (SSSR count). The average molecular weight is 509 g/mol. The molecule has 0 unspecified atom stereocenters. The van der Waals surface area contributed by atoms with E-state index in [1.807, 2.05) is 6.07 Å². The topological polar surface area (TPSA) is 75.0 Å². The lowest BCUT2D eigenvalue weighted by atomic mass is 10.1. The van der Waals surface area contributed by atoms with Crippen LogP contribution < -0.4 is 15.0 Å². The van der Waals surface area contributed by atoms with Crippen LogP contribution in [0, 0.1) is 0 Å². The Balaban J connectivity index is 1.43. The molecule has 33 heavy (non-hydrogen) atoms. The van der Waals surface area contributed by atoms with Gasteiger partial charge in [-0.15, -0.1) is 0 Å². The molecule has 172 valence electrons. The molecule has 1 fully saturated rings. The van der Waals surface area contributed by atoms with Crippen LogP contribution in [0.5, 0.6) is 5.75 Å². The van der Waals surface area contributed by atoms with Gasteiger partial charge < -0.3 is 24.3 Å². The molecule has 7 nitrogen and oxygen atoms in total. The molecule has 1 aliphatic heterocycles. The Morgan fingerprint density at radius 2 is 1.76 bits per heavy atom. The van der Waals surface area contributed by atoms with Gasteiger partial charge in [0, 0.05) is 36.9 Å². The van der Waals surface area contributed by atoms with Crippen LogP contribution in [-0.2, 0) is 0 Å². The highest BCUT2D eigenvalue weighted by Gasteiger charge is 2.25. The number of furan rings is 1. The molecule has 1 saturated heterocycles. The van der Waals surface area contributed by atoms with Crippen LogP contribution in [-0.4, -0.2) is 50.0 Å². The summed E-state index contributed by atoms with van der Waals surface area (Å²) in [4.78, 5) is 29.1. The van der Waals surface area contributed by atoms with Gasteiger partial charge in [0.2, 0.25) is 0 Å². The van der Waals surface area contributed by atoms with E-state index in [-0.39, 0.29) is 22.2 Å². The van der Waals surface area contributed by atoms with E-state index in [4.69, 9.17) is 44.0 Å². The van der Waals surface area contributed by atoms with Crippen molar-refractivity contribution in [3.8, 4) is 5.75 Å². The van der Waals surface area contributed by atoms with Crippen molar-refractivity contribution in [2.45, 2.75) is 0 Å². The first kappa shape index (κ1) is 23.3. The SMILES string of the molecule is COc1c(Cl)cc(Cl)cc1C(=O)Nc1ccc(N2CCN(C(=O)c3ccco3)CC2)c(Cl)c1. The number of anilines is 2. The molecule has 0 aliphatic carbocycles. The summed E-state index contributed by atoms with van der Waals surface area (Å²) in [5.74, 6) is 0.0212. The van der Waals surface area contributed by atoms with Crippen molar-refractivity contribution < 1.29 is 18.7 Å². The number of hydrogen-bond donors (Lipinski definition) is 1. The molecule has 1 aromatic heterocycles. The fraction of sp³-hybridized carbons (Fsp3) is 0.217. The first-order valence-corrected chi connectivity index (χ1v) is 11.2. The summed E-state index contributed by atoms with van der Waals surface area (Å²) in [5.41, 5.74) is 1.55. The highest BCUT2D eigenvalue weighted by atomic mass is 35.5. The Bertz CT molecular complexity index is 1180. The van der Waals surface area contributed by atoms with Gasteiger partial charge in [0.1, 0.15) is 5.75 Å². The van der Waals surface area contributed by atoms with Crippen LogP contribution in [0.2, 0.25) is 15.1 Å². The Hall–Kier alpha value is -2.87. The van der Waals surface area contributed by atoms with Crippen molar-refractivity contribution in [3.05, 3.63) is 75.1 Å². The molecule has 1 N–H and O–H groups in total. The van der Waals surface area contributed by atoms with E-state index in [1.54, 1.807) is 29.2 Å². The lowest BCUT2D eigenvalue weighted by Crippen LogP contribution is -2.48. The molecule has 3 aromatic rings. The van der Waals surface area contributed by atoms with Gasteiger partial charge in [-0.2, -0.15) is 0 Å². The van der Waals surface area contributed by atoms with Gasteiger partial charge in [-0.3, -0.25) is 9.59 Å². The van der Waals surface area contributed by atoms with Crippen molar-refractivity contribution in [2.24, 2.45) is 0 Å². The molecule has 0 bridgehead atoms. The molecule has 0 radical (unpaired) electrons. The number of halogens is 3. The Morgan fingerprint density at radius 1 is 1.00 bits per heavy atom. The third-order valence-corrected chi connectivity index (χ3v) is 6.10. The van der Waals surface area contributed by atoms with Crippen LogP contribution in [0.1, 0.15) is 20.9 Å². The minimum atomic E-state index is -0.426. The predicted octanol–water partition coefficient (Wildman–Crippen LogP) is 5.46. The maximum atomic E-state index is 12.8. The Morgan fingerprint density at radius 3 is 2.39 bits per heavy atom. The van der Waals surface area contributed by atoms with E-state index in [9.17, 15) is 9.59 Å². The summed E-state index contributed by atoms with van der Waals surface area (Å²) in [5, 5.41) is 3.84. The first-order valence-electron chi connectivity index (χ1n) is 10.1. The molecule has 1 aliphatic rings. The highest BCUT2D eigenvalue weighted by molar-refractivity contribution is 6.36. The van der Waals surface area contributed by atoms with E-state index in [1.165, 1.54) is 25.5 Å². The number of carbonyl (C=O) groups is 2. The van der Waals surface area contributed by atoms with Crippen LogP contribution in [0.4, 0.5) is 11.4 Å². The fourth-order valence-corrected chi connectivity index (χ4v) is 4.55. The largest absolute Gasteiger partial charge is 0.494 e. The molecule has 2 heterocycles. The number of carbonyl (C=O) groups excluding carboxylic acids is 2. The molecule has 10 heteroatoms. The molecule has 0 atom stereocenters. The first-order chi connectivity index (χ1) is 15.9. The summed E-state index contributed by atoms with van der Waals surface area (Å²) >= 11 is 18.7. The van der Waals surface area contributed by atoms with E-state index in [0.717, 1.165) is 5.69 Å². The van der Waals surface area contributed by atoms with Gasteiger partial charge in [-0.25, -0.2) is 0 Å². The van der Waals surface area contributed by atoms with Crippen LogP contribution >= 0.6 is 34.8 Å². The summed E-state index contributed by atoms with van der Waals surface area (Å²) in [7, 11) is 1.43. The fourth-order valence-electron chi connectivity index (χ4n) is 3.68. The average Bonchev–Trinajstić information content (AvgIpc) is 3.33. The van der Waals surface area contributed by atoms with Gasteiger partial charge in [0.15, 0.2) is 5.76 Å². The highest BCUT2D eigenvalue weighted by Crippen LogP contribution is 2.34. The summed E-state index contributed by atoms with van der Waals surface area (Å²) in [6.45, 7) is 2.33. The lowest BCUT2D eigenvalue weighted by Gasteiger charge is -2.36. The van der Waals surface area contributed by atoms with Gasteiger partial charge in [-0.05, 0) is 42.5 Å². The normalized spacial score (nSPS) is 13.7. The zero-order chi connectivity index (χ0) is 23.5. The molecule has 2 amide bonds. The third kappa shape index (κ3) is 5.05. The van der Waals surface area contributed by atoms with E-state index in [0.29, 0.717) is 47.7 Å². The van der Waals surface area contributed by atoms with Crippen molar-refractivity contribution >= 4 is 58.0 Å². The van der Waals surface area contributed by atoms with E-state index >= 15 is 0 Å². The second kappa shape index (κ2) is 9.95. The number of nitrogens with one attached hydrogen (secondary N) is 1. The Labute approximate surface area is 205 Å². The van der Waals surface area contributed by atoms with Crippen LogP contribution in [0.25, 0.3) is 0 Å². The third-order valence-electron chi connectivity index (χ3n) is 5.30.